The Labute approximate surface area is 173 Å². The summed E-state index contributed by atoms with van der Waals surface area (Å²) < 4.78 is 33.8. The van der Waals surface area contributed by atoms with E-state index in [4.69, 9.17) is 14.6 Å². The zero-order valence-electron chi connectivity index (χ0n) is 15.6. The first-order chi connectivity index (χ1) is 13.8. The number of carbonyl (C=O) groups is 1. The van der Waals surface area contributed by atoms with Gasteiger partial charge in [-0.15, -0.1) is 11.3 Å². The topological polar surface area (TPSA) is 108 Å². The van der Waals surface area contributed by atoms with E-state index in [1.165, 1.54) is 6.07 Å². The molecule has 3 aromatic rings. The molecule has 0 saturated heterocycles. The molecule has 3 rings (SSSR count). The highest BCUT2D eigenvalue weighted by atomic mass is 32.2. The van der Waals surface area contributed by atoms with Gasteiger partial charge in [-0.25, -0.2) is 13.6 Å². The van der Waals surface area contributed by atoms with Gasteiger partial charge in [-0.05, 0) is 55.5 Å². The normalized spacial score (nSPS) is 11.1. The largest absolute Gasteiger partial charge is 0.484 e. The molecule has 1 aromatic heterocycles. The second-order valence-corrected chi connectivity index (χ2v) is 9.17. The fourth-order valence-electron chi connectivity index (χ4n) is 2.34. The van der Waals surface area contributed by atoms with Crippen molar-refractivity contribution in [2.24, 2.45) is 5.14 Å². The lowest BCUT2D eigenvalue weighted by Gasteiger charge is -2.09. The summed E-state index contributed by atoms with van der Waals surface area (Å²) in [6.45, 7) is 2.05. The number of ether oxygens (including phenoxy) is 2. The number of hydrogen-bond acceptors (Lipinski definition) is 6. The van der Waals surface area contributed by atoms with Crippen LogP contribution in [-0.2, 0) is 21.4 Å². The Bertz CT molecular complexity index is 1070. The maximum atomic E-state index is 11.9. The number of aryl methyl sites for hydroxylation is 1. The quantitative estimate of drug-likeness (QED) is 0.568. The van der Waals surface area contributed by atoms with Gasteiger partial charge < -0.3 is 14.8 Å². The van der Waals surface area contributed by atoms with Crippen LogP contribution in [0.1, 0.15) is 10.4 Å². The van der Waals surface area contributed by atoms with Gasteiger partial charge in [0.15, 0.2) is 6.61 Å². The zero-order chi connectivity index (χ0) is 20.9. The predicted octanol–water partition coefficient (Wildman–Crippen LogP) is 3.19. The number of rotatable bonds is 8. The molecule has 2 aromatic carbocycles. The maximum absolute atomic E-state index is 11.9. The van der Waals surface area contributed by atoms with E-state index in [0.29, 0.717) is 16.4 Å². The molecular formula is C20H20N2O5S2. The number of primary sulfonamides is 1. The Kier molecular flexibility index (Phi) is 6.53. The van der Waals surface area contributed by atoms with Crippen LogP contribution in [-0.4, -0.2) is 20.9 Å². The van der Waals surface area contributed by atoms with Crippen LogP contribution in [0.3, 0.4) is 0 Å². The summed E-state index contributed by atoms with van der Waals surface area (Å²) in [6.07, 6.45) is 0. The van der Waals surface area contributed by atoms with Gasteiger partial charge in [-0.2, -0.15) is 0 Å². The minimum absolute atomic E-state index is 0.0611. The van der Waals surface area contributed by atoms with Gasteiger partial charge in [-0.3, -0.25) is 4.79 Å². The minimum atomic E-state index is -3.72. The van der Waals surface area contributed by atoms with Gasteiger partial charge in [0.1, 0.15) is 21.5 Å². The summed E-state index contributed by atoms with van der Waals surface area (Å²) in [5.74, 6) is 1.61. The molecule has 0 bridgehead atoms. The molecule has 0 unspecified atom stereocenters. The van der Waals surface area contributed by atoms with Crippen LogP contribution in [0.15, 0.2) is 64.9 Å². The number of amides is 1. The van der Waals surface area contributed by atoms with Crippen molar-refractivity contribution in [1.29, 1.82) is 0 Å². The number of nitrogens with one attached hydrogen (secondary N) is 1. The summed E-state index contributed by atoms with van der Waals surface area (Å²) in [6, 6.07) is 17.7. The number of nitrogens with two attached hydrogens (primary N) is 1. The van der Waals surface area contributed by atoms with E-state index >= 15 is 0 Å². The molecule has 0 aliphatic heterocycles. The number of thiophene rings is 1. The van der Waals surface area contributed by atoms with Gasteiger partial charge >= 0.3 is 0 Å². The van der Waals surface area contributed by atoms with Crippen molar-refractivity contribution in [3.8, 4) is 17.2 Å². The summed E-state index contributed by atoms with van der Waals surface area (Å²) in [5.41, 5.74) is 1.16. The SMILES string of the molecule is Cc1ccc(Oc2ccc(OCC(=O)NCc3ccc(S(N)(=O)=O)s3)cc2)cc1. The molecule has 0 spiro atoms. The van der Waals surface area contributed by atoms with Crippen molar-refractivity contribution in [2.45, 2.75) is 17.7 Å². The lowest BCUT2D eigenvalue weighted by Crippen LogP contribution is -2.28. The van der Waals surface area contributed by atoms with E-state index in [9.17, 15) is 13.2 Å². The molecule has 1 amide bonds. The number of carbonyl (C=O) groups excluding carboxylic acids is 1. The Hall–Kier alpha value is -2.88. The van der Waals surface area contributed by atoms with Crippen LogP contribution in [0, 0.1) is 6.92 Å². The lowest BCUT2D eigenvalue weighted by molar-refractivity contribution is -0.123. The summed E-state index contributed by atoms with van der Waals surface area (Å²) >= 11 is 1.02. The molecule has 0 aliphatic carbocycles. The van der Waals surface area contributed by atoms with Gasteiger partial charge in [0.05, 0.1) is 6.54 Å². The van der Waals surface area contributed by atoms with Gasteiger partial charge in [0.2, 0.25) is 10.0 Å². The van der Waals surface area contributed by atoms with Crippen LogP contribution in [0.2, 0.25) is 0 Å². The van der Waals surface area contributed by atoms with Crippen LogP contribution >= 0.6 is 11.3 Å². The fraction of sp³-hybridized carbons (Fsp3) is 0.150. The standard InChI is InChI=1S/C20H20N2O5S2/c1-14-2-4-16(5-3-14)27-17-8-6-15(7-9-17)26-13-19(23)22-12-18-10-11-20(28-18)29(21,24)25/h2-11H,12-13H2,1H3,(H,22,23)(H2,21,24,25). The highest BCUT2D eigenvalue weighted by molar-refractivity contribution is 7.91. The predicted molar refractivity (Wildman–Crippen MR) is 111 cm³/mol. The third-order valence-electron chi connectivity index (χ3n) is 3.83. The molecule has 3 N–H and O–H groups in total. The second-order valence-electron chi connectivity index (χ2n) is 6.22. The fourth-order valence-corrected chi connectivity index (χ4v) is 4.06. The van der Waals surface area contributed by atoms with E-state index in [1.807, 2.05) is 31.2 Å². The van der Waals surface area contributed by atoms with E-state index < -0.39 is 10.0 Å². The summed E-state index contributed by atoms with van der Waals surface area (Å²) in [4.78, 5) is 12.6. The molecular weight excluding hydrogens is 412 g/mol. The van der Waals surface area contributed by atoms with Gasteiger partial charge in [-0.1, -0.05) is 17.7 Å². The molecule has 152 valence electrons. The first-order valence-corrected chi connectivity index (χ1v) is 11.0. The molecule has 0 radical (unpaired) electrons. The van der Waals surface area contributed by atoms with E-state index in [2.05, 4.69) is 5.32 Å². The van der Waals surface area contributed by atoms with Crippen molar-refractivity contribution in [2.75, 3.05) is 6.61 Å². The van der Waals surface area contributed by atoms with Gasteiger partial charge in [0, 0.05) is 4.88 Å². The molecule has 0 saturated carbocycles. The average Bonchev–Trinajstić information content (AvgIpc) is 3.17. The number of hydrogen-bond donors (Lipinski definition) is 2. The van der Waals surface area contributed by atoms with Crippen molar-refractivity contribution in [3.63, 3.8) is 0 Å². The molecule has 7 nitrogen and oxygen atoms in total. The van der Waals surface area contributed by atoms with Crippen LogP contribution in [0.4, 0.5) is 0 Å². The third kappa shape index (κ3) is 6.31. The Morgan fingerprint density at radius 1 is 0.966 bits per heavy atom. The lowest BCUT2D eigenvalue weighted by atomic mass is 10.2. The van der Waals surface area contributed by atoms with Crippen LogP contribution in [0.25, 0.3) is 0 Å². The van der Waals surface area contributed by atoms with Gasteiger partial charge in [0.25, 0.3) is 5.91 Å². The molecule has 0 aliphatic rings. The number of sulfonamides is 1. The van der Waals surface area contributed by atoms with Crippen molar-refractivity contribution in [3.05, 3.63) is 71.1 Å². The highest BCUT2D eigenvalue weighted by Gasteiger charge is 2.12. The van der Waals surface area contributed by atoms with Crippen LogP contribution < -0.4 is 19.9 Å². The first-order valence-electron chi connectivity index (χ1n) is 8.65. The average molecular weight is 433 g/mol. The Morgan fingerprint density at radius 3 is 2.14 bits per heavy atom. The Morgan fingerprint density at radius 2 is 1.55 bits per heavy atom. The van der Waals surface area contributed by atoms with Crippen molar-refractivity contribution in [1.82, 2.24) is 5.32 Å². The van der Waals surface area contributed by atoms with E-state index in [1.54, 1.807) is 30.3 Å². The second kappa shape index (κ2) is 9.08. The summed E-state index contributed by atoms with van der Waals surface area (Å²) in [7, 11) is -3.72. The van der Waals surface area contributed by atoms with E-state index in [0.717, 1.165) is 22.6 Å². The molecule has 0 fully saturated rings. The third-order valence-corrected chi connectivity index (χ3v) is 6.35. The van der Waals surface area contributed by atoms with Crippen molar-refractivity contribution >= 4 is 27.3 Å². The molecule has 29 heavy (non-hydrogen) atoms. The summed E-state index contributed by atoms with van der Waals surface area (Å²) in [5, 5.41) is 7.73. The monoisotopic (exact) mass is 432 g/mol. The number of benzene rings is 2. The molecule has 0 atom stereocenters. The van der Waals surface area contributed by atoms with Crippen molar-refractivity contribution < 1.29 is 22.7 Å². The molecule has 9 heteroatoms. The first kappa shape index (κ1) is 20.8. The zero-order valence-corrected chi connectivity index (χ0v) is 17.3. The molecule has 1 heterocycles. The van der Waals surface area contributed by atoms with Crippen LogP contribution in [0.5, 0.6) is 17.2 Å². The Balaban J connectivity index is 1.45. The minimum Gasteiger partial charge on any atom is -0.484 e. The highest BCUT2D eigenvalue weighted by Crippen LogP contribution is 2.24. The maximum Gasteiger partial charge on any atom is 0.258 e. The van der Waals surface area contributed by atoms with E-state index in [-0.39, 0.29) is 23.3 Å². The smallest absolute Gasteiger partial charge is 0.258 e.